The average Bonchev–Trinajstić information content (AvgIpc) is 2.89. The monoisotopic (exact) mass is 458 g/mol. The van der Waals surface area contributed by atoms with Crippen molar-refractivity contribution in [2.75, 3.05) is 18.6 Å². The summed E-state index contributed by atoms with van der Waals surface area (Å²) in [5.74, 6) is -0.926. The van der Waals surface area contributed by atoms with Crippen molar-refractivity contribution in [1.82, 2.24) is 5.32 Å². The van der Waals surface area contributed by atoms with E-state index in [-0.39, 0.29) is 24.7 Å². The highest BCUT2D eigenvalue weighted by atomic mass is 16.5. The maximum atomic E-state index is 12.8. The van der Waals surface area contributed by atoms with E-state index in [1.165, 1.54) is 10.5 Å². The molecule has 2 amide bonds. The van der Waals surface area contributed by atoms with Crippen molar-refractivity contribution in [1.29, 1.82) is 0 Å². The number of rotatable bonds is 11. The molecule has 0 fully saturated rings. The van der Waals surface area contributed by atoms with E-state index in [1.54, 1.807) is 31.3 Å². The second-order valence-corrected chi connectivity index (χ2v) is 7.95. The molecule has 3 rings (SSSR count). The molecule has 6 heteroatoms. The number of nitrogens with zero attached hydrogens (tertiary/aromatic N) is 1. The van der Waals surface area contributed by atoms with Crippen molar-refractivity contribution < 1.29 is 19.1 Å². The van der Waals surface area contributed by atoms with Gasteiger partial charge < -0.3 is 15.0 Å². The zero-order chi connectivity index (χ0) is 24.2. The predicted octanol–water partition coefficient (Wildman–Crippen LogP) is 4.54. The maximum Gasteiger partial charge on any atom is 0.306 e. The van der Waals surface area contributed by atoms with Crippen LogP contribution < -0.4 is 10.2 Å². The number of aryl methyl sites for hydroxylation is 1. The molecular formula is C28H30N2O4. The number of para-hydroxylation sites is 1. The normalized spacial score (nSPS) is 10.4. The molecule has 0 saturated heterocycles. The lowest BCUT2D eigenvalue weighted by atomic mass is 10.1. The van der Waals surface area contributed by atoms with Gasteiger partial charge in [-0.1, -0.05) is 72.8 Å². The number of hydrogen-bond donors (Lipinski definition) is 1. The van der Waals surface area contributed by atoms with E-state index in [9.17, 15) is 14.4 Å². The zero-order valence-corrected chi connectivity index (χ0v) is 19.4. The lowest BCUT2D eigenvalue weighted by Crippen LogP contribution is -2.30. The summed E-state index contributed by atoms with van der Waals surface area (Å²) >= 11 is 0. The Labute approximate surface area is 200 Å². The fourth-order valence-electron chi connectivity index (χ4n) is 3.52. The lowest BCUT2D eigenvalue weighted by Gasteiger charge is -2.20. The predicted molar refractivity (Wildman–Crippen MR) is 132 cm³/mol. The number of esters is 1. The minimum absolute atomic E-state index is 0.00309. The molecule has 1 N–H and O–H groups in total. The summed E-state index contributed by atoms with van der Waals surface area (Å²) in [5.41, 5.74) is 3.08. The Kier molecular flexibility index (Phi) is 9.40. The number of hydrogen-bond acceptors (Lipinski definition) is 4. The standard InChI is InChI=1S/C28H30N2O4/c1-30(26(31)18-19-27(32)34-20-10-15-22-11-4-2-5-12-22)25-17-9-8-16-24(25)28(33)29-21-23-13-6-3-7-14-23/h2-9,11-14,16-17H,10,15,18-21H2,1H3,(H,29,33). The number of nitrogens with one attached hydrogen (secondary N) is 1. The van der Waals surface area contributed by atoms with Gasteiger partial charge in [-0.15, -0.1) is 0 Å². The SMILES string of the molecule is CN(C(=O)CCC(=O)OCCCc1ccccc1)c1ccccc1C(=O)NCc1ccccc1. The third-order valence-electron chi connectivity index (χ3n) is 5.44. The van der Waals surface area contributed by atoms with Crippen LogP contribution in [0.5, 0.6) is 0 Å². The van der Waals surface area contributed by atoms with Gasteiger partial charge in [0, 0.05) is 20.0 Å². The summed E-state index contributed by atoms with van der Waals surface area (Å²) in [4.78, 5) is 38.9. The minimum atomic E-state index is -0.399. The highest BCUT2D eigenvalue weighted by Crippen LogP contribution is 2.20. The first kappa shape index (κ1) is 24.7. The van der Waals surface area contributed by atoms with Crippen LogP contribution in [-0.2, 0) is 27.3 Å². The van der Waals surface area contributed by atoms with Crippen molar-refractivity contribution in [2.24, 2.45) is 0 Å². The van der Waals surface area contributed by atoms with Gasteiger partial charge in [-0.2, -0.15) is 0 Å². The second kappa shape index (κ2) is 12.9. The zero-order valence-electron chi connectivity index (χ0n) is 19.4. The molecule has 0 aliphatic rings. The van der Waals surface area contributed by atoms with Gasteiger partial charge in [-0.3, -0.25) is 14.4 Å². The van der Waals surface area contributed by atoms with Gasteiger partial charge in [0.05, 0.1) is 24.3 Å². The number of carbonyl (C=O) groups excluding carboxylic acids is 3. The molecule has 0 aromatic heterocycles. The van der Waals surface area contributed by atoms with Gasteiger partial charge in [-0.25, -0.2) is 0 Å². The lowest BCUT2D eigenvalue weighted by molar-refractivity contribution is -0.144. The molecule has 176 valence electrons. The number of amides is 2. The third kappa shape index (κ3) is 7.59. The molecule has 34 heavy (non-hydrogen) atoms. The van der Waals surface area contributed by atoms with Gasteiger partial charge >= 0.3 is 5.97 Å². The molecule has 0 saturated carbocycles. The van der Waals surface area contributed by atoms with E-state index in [4.69, 9.17) is 4.74 Å². The molecule has 0 aliphatic carbocycles. The molecule has 0 heterocycles. The number of benzene rings is 3. The van der Waals surface area contributed by atoms with Gasteiger partial charge in [0.1, 0.15) is 0 Å². The third-order valence-corrected chi connectivity index (χ3v) is 5.44. The number of ether oxygens (including phenoxy) is 1. The second-order valence-electron chi connectivity index (χ2n) is 7.95. The molecule has 0 spiro atoms. The molecule has 0 radical (unpaired) electrons. The largest absolute Gasteiger partial charge is 0.466 e. The maximum absolute atomic E-state index is 12.8. The van der Waals surface area contributed by atoms with E-state index < -0.39 is 5.97 Å². The van der Waals surface area contributed by atoms with Gasteiger partial charge in [-0.05, 0) is 36.1 Å². The average molecular weight is 459 g/mol. The van der Waals surface area contributed by atoms with E-state index in [0.717, 1.165) is 18.4 Å². The van der Waals surface area contributed by atoms with Crippen LogP contribution >= 0.6 is 0 Å². The summed E-state index contributed by atoms with van der Waals surface area (Å²) in [6, 6.07) is 26.5. The van der Waals surface area contributed by atoms with Crippen LogP contribution in [0.2, 0.25) is 0 Å². The summed E-state index contributed by atoms with van der Waals surface area (Å²) < 4.78 is 5.26. The Morgan fingerprint density at radius 3 is 2.12 bits per heavy atom. The summed E-state index contributed by atoms with van der Waals surface area (Å²) in [6.45, 7) is 0.712. The summed E-state index contributed by atoms with van der Waals surface area (Å²) in [7, 11) is 1.61. The Bertz CT molecular complexity index is 1080. The topological polar surface area (TPSA) is 75.7 Å². The van der Waals surface area contributed by atoms with Crippen LogP contribution in [0.15, 0.2) is 84.9 Å². The van der Waals surface area contributed by atoms with Crippen LogP contribution in [0.1, 0.15) is 40.7 Å². The van der Waals surface area contributed by atoms with Crippen molar-refractivity contribution in [2.45, 2.75) is 32.2 Å². The fourth-order valence-corrected chi connectivity index (χ4v) is 3.52. The van der Waals surface area contributed by atoms with Crippen LogP contribution in [0, 0.1) is 0 Å². The van der Waals surface area contributed by atoms with E-state index in [0.29, 0.717) is 24.4 Å². The first-order valence-corrected chi connectivity index (χ1v) is 11.4. The van der Waals surface area contributed by atoms with Crippen LogP contribution in [-0.4, -0.2) is 31.4 Å². The molecular weight excluding hydrogens is 428 g/mol. The smallest absolute Gasteiger partial charge is 0.306 e. The molecule has 0 atom stereocenters. The first-order valence-electron chi connectivity index (χ1n) is 11.4. The highest BCUT2D eigenvalue weighted by Gasteiger charge is 2.19. The van der Waals surface area contributed by atoms with Crippen LogP contribution in [0.25, 0.3) is 0 Å². The molecule has 0 bridgehead atoms. The van der Waals surface area contributed by atoms with E-state index in [1.807, 2.05) is 60.7 Å². The summed E-state index contributed by atoms with van der Waals surface area (Å²) in [5, 5.41) is 2.89. The molecule has 3 aromatic carbocycles. The highest BCUT2D eigenvalue weighted by molar-refractivity contribution is 6.04. The van der Waals surface area contributed by atoms with Crippen molar-refractivity contribution >= 4 is 23.5 Å². The Hall–Kier alpha value is -3.93. The molecule has 6 nitrogen and oxygen atoms in total. The van der Waals surface area contributed by atoms with Crippen LogP contribution in [0.4, 0.5) is 5.69 Å². The van der Waals surface area contributed by atoms with Crippen molar-refractivity contribution in [3.63, 3.8) is 0 Å². The van der Waals surface area contributed by atoms with Gasteiger partial charge in [0.15, 0.2) is 0 Å². The number of anilines is 1. The Morgan fingerprint density at radius 1 is 0.794 bits per heavy atom. The fraction of sp³-hybridized carbons (Fsp3) is 0.250. The van der Waals surface area contributed by atoms with E-state index in [2.05, 4.69) is 5.32 Å². The summed E-state index contributed by atoms with van der Waals surface area (Å²) in [6.07, 6.45) is 1.57. The van der Waals surface area contributed by atoms with Crippen molar-refractivity contribution in [3.8, 4) is 0 Å². The van der Waals surface area contributed by atoms with Crippen molar-refractivity contribution in [3.05, 3.63) is 102 Å². The Balaban J connectivity index is 1.46. The molecule has 3 aromatic rings. The van der Waals surface area contributed by atoms with Gasteiger partial charge in [0.2, 0.25) is 5.91 Å². The number of carbonyl (C=O) groups is 3. The van der Waals surface area contributed by atoms with E-state index >= 15 is 0 Å². The van der Waals surface area contributed by atoms with Crippen LogP contribution in [0.3, 0.4) is 0 Å². The minimum Gasteiger partial charge on any atom is -0.466 e. The van der Waals surface area contributed by atoms with Gasteiger partial charge in [0.25, 0.3) is 5.91 Å². The Morgan fingerprint density at radius 2 is 1.41 bits per heavy atom. The first-order chi connectivity index (χ1) is 16.5. The molecule has 0 aliphatic heterocycles. The molecule has 0 unspecified atom stereocenters. The quantitative estimate of drug-likeness (QED) is 0.338.